The summed E-state index contributed by atoms with van der Waals surface area (Å²) in [5.41, 5.74) is -1.41. The van der Waals surface area contributed by atoms with Crippen LogP contribution in [0.15, 0.2) is 0 Å². The standard InChI is InChI=1S/C30H78O9Si8.C27H68O8Si6.C25H64O8Si6/c1-40(2,3)29-46(35-41(4,5)6,36-42(7,8)9)23-19-21-33-27-30(25-31,26-32)28-34-22-20-24-47(37-43(10,11)12,38-44(13,14)15)39-45(16,17)18;1-36(2,3)32-40(13,33-37(4,5)6)21-17-15-19-30-25-27(23-28,24-29)26-31-20-16-18-22-41(14,34-38(7,8)9)35-39(10,11)12;1-34(2,3)30-38(13,31-35(4,5)6)19-15-17-28-23-25(21-26,22-27)24-29-18-16-20-39(14,32-36(7,8)9)33-37(10,11)12/h31-32H,19-29H2,1-18H3;28-29H,15-26H2,1-14H3;26-27H,15-24H2,1-14H3. The van der Waals surface area contributed by atoms with E-state index >= 15 is 0 Å². The van der Waals surface area contributed by atoms with Gasteiger partial charge in [-0.05, 0) is 369 Å². The Morgan fingerprint density at radius 1 is 0.173 bits per heavy atom. The zero-order valence-corrected chi connectivity index (χ0v) is 111. The average molecular weight is 2160 g/mol. The predicted octanol–water partition coefficient (Wildman–Crippen LogP) is 21.7. The third-order valence-corrected chi connectivity index (χ3v) is 83.5. The van der Waals surface area contributed by atoms with Gasteiger partial charge in [-0.3, -0.25) is 0 Å². The maximum Gasteiger partial charge on any atom is 0.469 e. The van der Waals surface area contributed by atoms with Crippen LogP contribution in [0.1, 0.15) is 51.4 Å². The highest BCUT2D eigenvalue weighted by molar-refractivity contribution is 6.97. The first-order valence-corrected chi connectivity index (χ1v) is 110. The van der Waals surface area contributed by atoms with Gasteiger partial charge in [0.25, 0.3) is 0 Å². The van der Waals surface area contributed by atoms with Gasteiger partial charge >= 0.3 is 51.6 Å². The lowest BCUT2D eigenvalue weighted by Gasteiger charge is -2.43. The maximum absolute atomic E-state index is 10.3. The molecule has 25 nitrogen and oxygen atoms in total. The van der Waals surface area contributed by atoms with Crippen LogP contribution in [0.3, 0.4) is 0 Å². The van der Waals surface area contributed by atoms with E-state index in [1.165, 1.54) is 0 Å². The number of hydrogen-bond acceptors (Lipinski definition) is 25. The molecular weight excluding hydrogens is 1950 g/mol. The SMILES string of the molecule is C[Si](C)(C)C[Si](CCCOCC(CO)(CO)COCCC[Si](O[Si](C)(C)C)(O[Si](C)(C)C)O[Si](C)(C)C)(O[Si](C)(C)C)O[Si](C)(C)C.C[Si](C)(C)O[Si](C)(CCCCOCC(CO)(CO)COCCCC[Si](C)(O[Si](C)(C)C)O[Si](C)(C)C)O[Si](C)(C)C.C[Si](C)(C)O[Si](C)(CCCOCC(CO)(CO)COCCC[Si](C)(O[Si](C)(C)C)O[Si](C)(C)C)O[Si](C)(C)C. The fourth-order valence-corrected chi connectivity index (χ4v) is 100. The van der Waals surface area contributed by atoms with Crippen LogP contribution in [0.2, 0.25) is 343 Å². The van der Waals surface area contributed by atoms with Crippen LogP contribution in [0, 0.1) is 16.2 Å². The Balaban J connectivity index is -0.00000183. The van der Waals surface area contributed by atoms with Crippen LogP contribution in [-0.2, 0) is 81.9 Å². The van der Waals surface area contributed by atoms with E-state index < -0.39 is 184 Å². The van der Waals surface area contributed by atoms with Crippen molar-refractivity contribution in [1.29, 1.82) is 0 Å². The molecule has 0 radical (unpaired) electrons. The molecule has 0 aromatic heterocycles. The molecule has 0 heterocycles. The van der Waals surface area contributed by atoms with Crippen molar-refractivity contribution in [2.24, 2.45) is 16.2 Å². The number of hydrogen-bond donors (Lipinski definition) is 6. The van der Waals surface area contributed by atoms with E-state index in [4.69, 9.17) is 81.9 Å². The van der Waals surface area contributed by atoms with Crippen LogP contribution in [0.25, 0.3) is 0 Å². The Morgan fingerprint density at radius 2 is 0.331 bits per heavy atom. The molecule has 0 saturated heterocycles. The van der Waals surface area contributed by atoms with Gasteiger partial charge < -0.3 is 113 Å². The number of aliphatic hydroxyl groups is 6. The smallest absolute Gasteiger partial charge is 0.437 e. The fraction of sp³-hybridized carbons (Fsp3) is 1.00. The van der Waals surface area contributed by atoms with Crippen molar-refractivity contribution in [3.05, 3.63) is 0 Å². The van der Waals surface area contributed by atoms with Gasteiger partial charge in [-0.25, -0.2) is 0 Å². The van der Waals surface area contributed by atoms with Gasteiger partial charge in [-0.15, -0.1) is 0 Å². The highest BCUT2D eigenvalue weighted by Gasteiger charge is 2.52. The van der Waals surface area contributed by atoms with Gasteiger partial charge in [0.15, 0.2) is 108 Å². The van der Waals surface area contributed by atoms with E-state index in [1.807, 2.05) is 0 Å². The van der Waals surface area contributed by atoms with E-state index in [-0.39, 0.29) is 79.3 Å². The average Bonchev–Trinajstić information content (AvgIpc) is 0.801. The number of rotatable bonds is 72. The molecule has 0 amide bonds. The van der Waals surface area contributed by atoms with Crippen molar-refractivity contribution in [3.8, 4) is 0 Å². The molecule has 6 N–H and O–H groups in total. The molecule has 768 valence electrons. The van der Waals surface area contributed by atoms with Crippen molar-refractivity contribution < 1.29 is 113 Å². The normalized spacial score (nSPS) is 14.8. The van der Waals surface area contributed by atoms with E-state index in [0.29, 0.717) is 45.7 Å². The zero-order chi connectivity index (χ0) is 100. The highest BCUT2D eigenvalue weighted by Crippen LogP contribution is 2.37. The molecule has 0 atom stereocenters. The van der Waals surface area contributed by atoms with Gasteiger partial charge in [0.2, 0.25) is 0 Å². The maximum atomic E-state index is 10.3. The van der Waals surface area contributed by atoms with Crippen LogP contribution < -0.4 is 0 Å². The fourth-order valence-electron chi connectivity index (χ4n) is 15.2. The van der Waals surface area contributed by atoms with E-state index in [0.717, 1.165) is 87.3 Å². The van der Waals surface area contributed by atoms with Gasteiger partial charge in [0.05, 0.1) is 95.5 Å². The molecule has 0 saturated carbocycles. The third-order valence-electron chi connectivity index (χ3n) is 17.6. The summed E-state index contributed by atoms with van der Waals surface area (Å²) in [6, 6.07) is 5.23. The second kappa shape index (κ2) is 57.0. The molecule has 127 heavy (non-hydrogen) atoms. The van der Waals surface area contributed by atoms with Crippen LogP contribution in [0.4, 0.5) is 0 Å². The van der Waals surface area contributed by atoms with E-state index in [1.54, 1.807) is 0 Å². The molecular formula is C82H210O25Si20. The van der Waals surface area contributed by atoms with Crippen molar-refractivity contribution in [1.82, 2.24) is 0 Å². The van der Waals surface area contributed by atoms with Gasteiger partial charge in [-0.2, -0.15) is 0 Å². The topological polar surface area (TPSA) is 297 Å². The van der Waals surface area contributed by atoms with Gasteiger partial charge in [0.1, 0.15) is 0 Å². The molecule has 0 rings (SSSR count). The molecule has 0 fully saturated rings. The summed E-state index contributed by atoms with van der Waals surface area (Å²) >= 11 is 0. The van der Waals surface area contributed by atoms with Crippen LogP contribution in [0.5, 0.6) is 0 Å². The summed E-state index contributed by atoms with van der Waals surface area (Å²) in [6.45, 7) is 106. The van der Waals surface area contributed by atoms with E-state index in [2.05, 4.69) is 301 Å². The summed E-state index contributed by atoms with van der Waals surface area (Å²) < 4.78 is 123. The minimum Gasteiger partial charge on any atom is -0.437 e. The summed E-state index contributed by atoms with van der Waals surface area (Å²) in [6.07, 6.45) is 6.93. The van der Waals surface area contributed by atoms with Gasteiger partial charge in [-0.1, -0.05) is 19.6 Å². The largest absolute Gasteiger partial charge is 0.469 e. The molecule has 45 heteroatoms. The Labute approximate surface area is 803 Å². The van der Waals surface area contributed by atoms with Crippen molar-refractivity contribution in [3.63, 3.8) is 0 Å². The molecule has 0 aromatic rings. The lowest BCUT2D eigenvalue weighted by atomic mass is 9.92. The lowest BCUT2D eigenvalue weighted by Crippen LogP contribution is -2.60. The van der Waals surface area contributed by atoms with Crippen molar-refractivity contribution in [2.45, 2.75) is 394 Å². The van der Waals surface area contributed by atoms with Crippen LogP contribution in [-0.4, -0.2) is 317 Å². The Kier molecular flexibility index (Phi) is 60.3. The number of unbranched alkanes of at least 4 members (excludes halogenated alkanes) is 2. The Morgan fingerprint density at radius 3 is 0.496 bits per heavy atom. The zero-order valence-electron chi connectivity index (χ0n) is 91.3. The number of aliphatic hydroxyl groups excluding tert-OH is 6. The molecule has 0 unspecified atom stereocenters. The predicted molar refractivity (Wildman–Crippen MR) is 584 cm³/mol. The first-order chi connectivity index (χ1) is 56.5. The van der Waals surface area contributed by atoms with E-state index in [9.17, 15) is 30.6 Å². The first kappa shape index (κ1) is 134. The minimum atomic E-state index is -2.93. The quantitative estimate of drug-likeness (QED) is 0.0244. The highest BCUT2D eigenvalue weighted by atomic mass is 28.5. The summed E-state index contributed by atoms with van der Waals surface area (Å²) in [5.74, 6) is 0. The Hall–Kier alpha value is 3.34. The van der Waals surface area contributed by atoms with Gasteiger partial charge in [0, 0.05) is 53.8 Å². The molecule has 0 spiro atoms. The molecule has 0 aromatic carbocycles. The summed E-state index contributed by atoms with van der Waals surface area (Å²) in [7, 11) is -39.2. The first-order valence-electron chi connectivity index (χ1n) is 47.7. The molecule has 0 aliphatic rings. The lowest BCUT2D eigenvalue weighted by molar-refractivity contribution is -0.0775. The second-order valence-corrected chi connectivity index (χ2v) is 138. The monoisotopic (exact) mass is 2160 g/mol. The second-order valence-electron chi connectivity index (χ2n) is 50.7. The molecule has 0 aliphatic heterocycles. The minimum absolute atomic E-state index is 0.179. The molecule has 0 bridgehead atoms. The van der Waals surface area contributed by atoms with Crippen LogP contribution >= 0.6 is 0 Å². The molecule has 0 aliphatic carbocycles. The number of ether oxygens (including phenoxy) is 6. The Bertz CT molecular complexity index is 2550. The van der Waals surface area contributed by atoms with Crippen molar-refractivity contribution >= 4 is 168 Å². The summed E-state index contributed by atoms with van der Waals surface area (Å²) in [5, 5.41) is 61.0. The van der Waals surface area contributed by atoms with Crippen molar-refractivity contribution in [2.75, 3.05) is 119 Å². The summed E-state index contributed by atoms with van der Waals surface area (Å²) in [4.78, 5) is 0. The third kappa shape index (κ3) is 74.9.